The number of rotatable bonds is 13. The lowest BCUT2D eigenvalue weighted by Crippen LogP contribution is -2.60. The molecule has 5 atom stereocenters. The zero-order valence-electron chi connectivity index (χ0n) is 33.6. The first-order chi connectivity index (χ1) is 26.7. The number of carbonyl (C=O) groups excluding carboxylic acids is 4. The normalized spacial score (nSPS) is 22.7. The summed E-state index contributed by atoms with van der Waals surface area (Å²) in [6.45, 7) is 16.1. The maximum atomic E-state index is 14.6. The van der Waals surface area contributed by atoms with E-state index in [0.717, 1.165) is 5.56 Å². The summed E-state index contributed by atoms with van der Waals surface area (Å²) >= 11 is 0. The van der Waals surface area contributed by atoms with Crippen molar-refractivity contribution in [2.75, 3.05) is 20.3 Å². The van der Waals surface area contributed by atoms with Crippen LogP contribution < -0.4 is 24.8 Å². The van der Waals surface area contributed by atoms with Crippen LogP contribution in [0, 0.1) is 24.2 Å². The molecule has 2 aromatic heterocycles. The molecule has 3 aromatic rings. The van der Waals surface area contributed by atoms with Gasteiger partial charge in [0.05, 0.1) is 24.7 Å². The molecule has 2 aliphatic carbocycles. The number of amides is 4. The SMILES string of the molecule is C=CC1C[C@]1(NC(=O)[C@@H]1CC(COc2cc(-c3cccc(OC)c3)nc3c(C)noc23)CN1C(=O)[C@@H](NC(=O)OC(C)(C)C)C(C)(C)C)C(=O)NS(=O)(=O)C1CC1. The second-order valence-electron chi connectivity index (χ2n) is 17.2. The monoisotopic (exact) mass is 808 g/mol. The van der Waals surface area contributed by atoms with Gasteiger partial charge in [-0.1, -0.05) is 44.1 Å². The molecule has 16 nitrogen and oxygen atoms in total. The topological polar surface area (TPSA) is 208 Å². The van der Waals surface area contributed by atoms with E-state index in [4.69, 9.17) is 23.7 Å². The molecule has 2 unspecified atom stereocenters. The van der Waals surface area contributed by atoms with Crippen LogP contribution in [-0.2, 0) is 29.1 Å². The first-order valence-corrected chi connectivity index (χ1v) is 20.5. The van der Waals surface area contributed by atoms with E-state index in [9.17, 15) is 27.6 Å². The summed E-state index contributed by atoms with van der Waals surface area (Å²) in [5, 5.41) is 8.97. The van der Waals surface area contributed by atoms with Crippen molar-refractivity contribution in [1.82, 2.24) is 30.4 Å². The highest BCUT2D eigenvalue weighted by Crippen LogP contribution is 2.46. The Morgan fingerprint density at radius 3 is 2.46 bits per heavy atom. The Kier molecular flexibility index (Phi) is 11.1. The van der Waals surface area contributed by atoms with E-state index in [0.29, 0.717) is 46.8 Å². The Balaban J connectivity index is 1.29. The van der Waals surface area contributed by atoms with Crippen LogP contribution in [0.3, 0.4) is 0 Å². The van der Waals surface area contributed by atoms with E-state index in [1.807, 2.05) is 24.3 Å². The third-order valence-electron chi connectivity index (χ3n) is 10.4. The van der Waals surface area contributed by atoms with Gasteiger partial charge >= 0.3 is 6.09 Å². The molecule has 3 fully saturated rings. The average Bonchev–Trinajstić information content (AvgIpc) is 4.04. The molecule has 0 radical (unpaired) electrons. The number of nitrogens with zero attached hydrogens (tertiary/aromatic N) is 3. The van der Waals surface area contributed by atoms with Crippen LogP contribution in [0.5, 0.6) is 11.5 Å². The van der Waals surface area contributed by atoms with Gasteiger partial charge in [0.2, 0.25) is 27.4 Å². The lowest BCUT2D eigenvalue weighted by Gasteiger charge is -2.36. The zero-order valence-corrected chi connectivity index (χ0v) is 34.4. The largest absolute Gasteiger partial charge is 0.497 e. The average molecular weight is 809 g/mol. The molecule has 3 aliphatic rings. The number of aryl methyl sites for hydroxylation is 1. The quantitative estimate of drug-likeness (QED) is 0.205. The number of benzene rings is 1. The predicted octanol–water partition coefficient (Wildman–Crippen LogP) is 4.41. The minimum atomic E-state index is -3.91. The van der Waals surface area contributed by atoms with Crippen molar-refractivity contribution in [3.05, 3.63) is 48.7 Å². The minimum absolute atomic E-state index is 0.0319. The summed E-state index contributed by atoms with van der Waals surface area (Å²) in [7, 11) is -2.34. The number of fused-ring (bicyclic) bond motifs is 1. The zero-order chi connectivity index (χ0) is 41.7. The molecule has 4 amide bonds. The summed E-state index contributed by atoms with van der Waals surface area (Å²) in [6, 6.07) is 6.88. The number of hydrogen-bond donors (Lipinski definition) is 3. The molecule has 17 heteroatoms. The summed E-state index contributed by atoms with van der Waals surface area (Å²) in [5.74, 6) is -2.01. The van der Waals surface area contributed by atoms with E-state index >= 15 is 0 Å². The number of sulfonamides is 1. The van der Waals surface area contributed by atoms with Crippen molar-refractivity contribution in [2.24, 2.45) is 17.3 Å². The van der Waals surface area contributed by atoms with E-state index in [-0.39, 0.29) is 26.0 Å². The Labute approximate surface area is 332 Å². The van der Waals surface area contributed by atoms with Crippen LogP contribution in [0.1, 0.15) is 72.9 Å². The van der Waals surface area contributed by atoms with Crippen LogP contribution in [0.4, 0.5) is 4.79 Å². The van der Waals surface area contributed by atoms with Crippen molar-refractivity contribution in [1.29, 1.82) is 0 Å². The van der Waals surface area contributed by atoms with Crippen molar-refractivity contribution in [2.45, 2.75) is 103 Å². The highest BCUT2D eigenvalue weighted by molar-refractivity contribution is 7.91. The van der Waals surface area contributed by atoms with Crippen molar-refractivity contribution in [3.63, 3.8) is 0 Å². The molecule has 6 rings (SSSR count). The van der Waals surface area contributed by atoms with Gasteiger partial charge in [-0.3, -0.25) is 19.1 Å². The fraction of sp³-hybridized carbons (Fsp3) is 0.550. The van der Waals surface area contributed by atoms with Crippen LogP contribution in [0.2, 0.25) is 0 Å². The number of likely N-dealkylation sites (tertiary alicyclic amines) is 1. The number of alkyl carbamates (subject to hydrolysis) is 1. The van der Waals surface area contributed by atoms with Gasteiger partial charge in [-0.05, 0) is 70.9 Å². The predicted molar refractivity (Wildman–Crippen MR) is 210 cm³/mol. The highest BCUT2D eigenvalue weighted by Gasteiger charge is 2.62. The first-order valence-electron chi connectivity index (χ1n) is 19.0. The molecule has 3 heterocycles. The maximum Gasteiger partial charge on any atom is 0.408 e. The molecule has 1 aromatic carbocycles. The van der Waals surface area contributed by atoms with Gasteiger partial charge in [-0.25, -0.2) is 18.2 Å². The fourth-order valence-electron chi connectivity index (χ4n) is 7.04. The van der Waals surface area contributed by atoms with Gasteiger partial charge < -0.3 is 34.3 Å². The Morgan fingerprint density at radius 1 is 1.12 bits per heavy atom. The number of methoxy groups -OCH3 is 1. The number of pyridine rings is 1. The summed E-state index contributed by atoms with van der Waals surface area (Å²) in [4.78, 5) is 61.7. The Hall–Kier alpha value is -5.19. The molecule has 308 valence electrons. The van der Waals surface area contributed by atoms with Gasteiger partial charge in [0.25, 0.3) is 5.91 Å². The Bertz CT molecular complexity index is 2190. The molecular formula is C40H52N6O10S. The maximum absolute atomic E-state index is 14.6. The van der Waals surface area contributed by atoms with Crippen molar-refractivity contribution >= 4 is 44.9 Å². The van der Waals surface area contributed by atoms with Gasteiger partial charge in [0, 0.05) is 30.0 Å². The van der Waals surface area contributed by atoms with E-state index < -0.39 is 79.6 Å². The third-order valence-corrected chi connectivity index (χ3v) is 12.2. The molecule has 3 N–H and O–H groups in total. The van der Waals surface area contributed by atoms with Crippen LogP contribution in [0.25, 0.3) is 22.4 Å². The van der Waals surface area contributed by atoms with Crippen LogP contribution in [0.15, 0.2) is 47.5 Å². The molecule has 2 saturated carbocycles. The van der Waals surface area contributed by atoms with Gasteiger partial charge in [-0.2, -0.15) is 0 Å². The fourth-order valence-corrected chi connectivity index (χ4v) is 8.40. The summed E-state index contributed by atoms with van der Waals surface area (Å²) < 4.78 is 50.6. The van der Waals surface area contributed by atoms with Crippen molar-refractivity contribution in [3.8, 4) is 22.8 Å². The second kappa shape index (κ2) is 15.3. The number of carbonyl (C=O) groups is 4. The minimum Gasteiger partial charge on any atom is -0.497 e. The molecule has 1 aliphatic heterocycles. The van der Waals surface area contributed by atoms with Crippen LogP contribution in [-0.4, -0.2) is 96.0 Å². The van der Waals surface area contributed by atoms with E-state index in [1.54, 1.807) is 61.6 Å². The van der Waals surface area contributed by atoms with Crippen molar-refractivity contribution < 1.29 is 46.3 Å². The second-order valence-corrected chi connectivity index (χ2v) is 19.2. The third kappa shape index (κ3) is 9.03. The molecule has 57 heavy (non-hydrogen) atoms. The number of ether oxygens (including phenoxy) is 3. The highest BCUT2D eigenvalue weighted by atomic mass is 32.2. The van der Waals surface area contributed by atoms with E-state index in [2.05, 4.69) is 27.1 Å². The van der Waals surface area contributed by atoms with Gasteiger partial charge in [0.1, 0.15) is 40.2 Å². The summed E-state index contributed by atoms with van der Waals surface area (Å²) in [6.07, 6.45) is 1.85. The van der Waals surface area contributed by atoms with E-state index in [1.165, 1.54) is 11.0 Å². The number of nitrogens with one attached hydrogen (secondary N) is 3. The summed E-state index contributed by atoms with van der Waals surface area (Å²) in [5.41, 5.74) is -0.496. The standard InChI is InChI=1S/C40H52N6O10S/c1-10-25-19-40(25,36(49)45-57(51,52)27-14-15-27)43-34(47)29-16-23(20-46(29)35(48)33(38(3,4)5)42-37(50)55-39(6,7)8)21-54-30-18-28(24-12-11-13-26(17-24)53-9)41-31-22(2)44-56-32(30)31/h10-13,17-18,23,25,27,29,33H,1,14-16,19-21H2,2-9H3,(H,42,50)(H,43,47)(H,45,49)/t23?,25?,29-,33+,40+/m0/s1. The lowest BCUT2D eigenvalue weighted by molar-refractivity contribution is -0.143. The lowest BCUT2D eigenvalue weighted by atomic mass is 9.85. The first kappa shape index (κ1) is 41.4. The number of hydrogen-bond acceptors (Lipinski definition) is 12. The van der Waals surface area contributed by atoms with Gasteiger partial charge in [-0.15, -0.1) is 6.58 Å². The molecular weight excluding hydrogens is 757 g/mol. The smallest absolute Gasteiger partial charge is 0.408 e. The molecule has 0 spiro atoms. The Morgan fingerprint density at radius 2 is 1.84 bits per heavy atom. The van der Waals surface area contributed by atoms with Crippen LogP contribution >= 0.6 is 0 Å². The molecule has 1 saturated heterocycles. The molecule has 0 bridgehead atoms. The number of aromatic nitrogens is 2. The van der Waals surface area contributed by atoms with Gasteiger partial charge in [0.15, 0.2) is 5.75 Å².